The molecular formula is C23H24ClF2N3O2. The number of fused-ring (bicyclic) bond motifs is 1. The average Bonchev–Trinajstić information content (AvgIpc) is 2.94. The van der Waals surface area contributed by atoms with E-state index in [1.165, 1.54) is 12.1 Å². The second kappa shape index (κ2) is 8.94. The monoisotopic (exact) mass is 447 g/mol. The molecule has 0 spiro atoms. The zero-order valence-electron chi connectivity index (χ0n) is 17.2. The van der Waals surface area contributed by atoms with Crippen molar-refractivity contribution in [2.24, 2.45) is 0 Å². The summed E-state index contributed by atoms with van der Waals surface area (Å²) < 4.78 is 30.6. The molecule has 0 bridgehead atoms. The number of aliphatic hydroxyl groups excluding tert-OH is 1. The third-order valence-electron chi connectivity index (χ3n) is 5.50. The van der Waals surface area contributed by atoms with Crippen molar-refractivity contribution in [2.45, 2.75) is 45.6 Å². The standard InChI is InChI=1S/C23H24ClF2N3O2/c1-15(30)11-28-22-6-7-27(12-17-8-19(25)10-20(26)9-17)14-21(22)23(31)29(28)13-16-2-4-18(24)5-3-16/h2-5,8-10,15,30H,6-7,11-14H2,1H3/t15-/m1/s1. The van der Waals surface area contributed by atoms with E-state index < -0.39 is 17.7 Å². The summed E-state index contributed by atoms with van der Waals surface area (Å²) in [5.41, 5.74) is 2.92. The summed E-state index contributed by atoms with van der Waals surface area (Å²) in [7, 11) is 0. The molecule has 3 aromatic rings. The van der Waals surface area contributed by atoms with Gasteiger partial charge in [-0.05, 0) is 42.3 Å². The maximum atomic E-state index is 13.5. The van der Waals surface area contributed by atoms with Crippen LogP contribution in [0.3, 0.4) is 0 Å². The highest BCUT2D eigenvalue weighted by Gasteiger charge is 2.27. The van der Waals surface area contributed by atoms with Gasteiger partial charge in [0, 0.05) is 42.8 Å². The van der Waals surface area contributed by atoms with Gasteiger partial charge in [-0.15, -0.1) is 0 Å². The van der Waals surface area contributed by atoms with E-state index in [1.54, 1.807) is 23.7 Å². The first-order chi connectivity index (χ1) is 14.8. The summed E-state index contributed by atoms with van der Waals surface area (Å²) in [6.07, 6.45) is 0.00330. The van der Waals surface area contributed by atoms with Crippen LogP contribution in [0.1, 0.15) is 29.3 Å². The topological polar surface area (TPSA) is 50.4 Å². The van der Waals surface area contributed by atoms with E-state index in [9.17, 15) is 18.7 Å². The van der Waals surface area contributed by atoms with Crippen LogP contribution in [0, 0.1) is 11.6 Å². The van der Waals surface area contributed by atoms with Crippen molar-refractivity contribution in [3.63, 3.8) is 0 Å². The molecule has 0 unspecified atom stereocenters. The van der Waals surface area contributed by atoms with E-state index in [0.717, 1.165) is 17.3 Å². The molecule has 2 heterocycles. The SMILES string of the molecule is C[C@@H](O)Cn1c2c(c(=O)n1Cc1ccc(Cl)cc1)CN(Cc1cc(F)cc(F)c1)CC2. The Morgan fingerprint density at radius 2 is 1.71 bits per heavy atom. The number of aromatic nitrogens is 2. The van der Waals surface area contributed by atoms with Crippen molar-refractivity contribution in [1.82, 2.24) is 14.3 Å². The Morgan fingerprint density at radius 1 is 1.03 bits per heavy atom. The van der Waals surface area contributed by atoms with Crippen LogP contribution in [0.25, 0.3) is 0 Å². The van der Waals surface area contributed by atoms with Crippen LogP contribution in [0.5, 0.6) is 0 Å². The quantitative estimate of drug-likeness (QED) is 0.628. The lowest BCUT2D eigenvalue weighted by molar-refractivity contribution is 0.158. The number of hydrogen-bond acceptors (Lipinski definition) is 3. The molecule has 0 saturated heterocycles. The third-order valence-corrected chi connectivity index (χ3v) is 5.75. The van der Waals surface area contributed by atoms with Gasteiger partial charge in [-0.1, -0.05) is 23.7 Å². The maximum absolute atomic E-state index is 13.5. The van der Waals surface area contributed by atoms with Gasteiger partial charge in [0.2, 0.25) is 0 Å². The molecule has 164 valence electrons. The van der Waals surface area contributed by atoms with Crippen LogP contribution >= 0.6 is 11.6 Å². The van der Waals surface area contributed by atoms with Gasteiger partial charge in [-0.25, -0.2) is 13.5 Å². The minimum Gasteiger partial charge on any atom is -0.391 e. The molecule has 1 atom stereocenters. The molecule has 4 rings (SSSR count). The summed E-state index contributed by atoms with van der Waals surface area (Å²) in [5.74, 6) is -1.22. The van der Waals surface area contributed by atoms with E-state index in [4.69, 9.17) is 11.6 Å². The zero-order valence-corrected chi connectivity index (χ0v) is 17.9. The molecule has 0 radical (unpaired) electrons. The number of aliphatic hydroxyl groups is 1. The predicted octanol–water partition coefficient (Wildman–Crippen LogP) is 3.57. The first kappa shape index (κ1) is 21.7. The van der Waals surface area contributed by atoms with Gasteiger partial charge in [0.25, 0.3) is 5.56 Å². The molecule has 0 amide bonds. The molecule has 1 aromatic heterocycles. The van der Waals surface area contributed by atoms with Gasteiger partial charge < -0.3 is 5.11 Å². The van der Waals surface area contributed by atoms with Crippen LogP contribution in [-0.4, -0.2) is 32.0 Å². The minimum absolute atomic E-state index is 0.110. The molecule has 2 aromatic carbocycles. The minimum atomic E-state index is -0.610. The second-order valence-electron chi connectivity index (χ2n) is 8.08. The molecule has 1 aliphatic rings. The molecule has 0 aliphatic carbocycles. The van der Waals surface area contributed by atoms with Gasteiger partial charge in [0.15, 0.2) is 0 Å². The Bertz CT molecular complexity index is 1120. The fraction of sp³-hybridized carbons (Fsp3) is 0.348. The largest absolute Gasteiger partial charge is 0.391 e. The fourth-order valence-corrected chi connectivity index (χ4v) is 4.30. The Morgan fingerprint density at radius 3 is 2.35 bits per heavy atom. The lowest BCUT2D eigenvalue weighted by Gasteiger charge is -2.27. The average molecular weight is 448 g/mol. The van der Waals surface area contributed by atoms with E-state index in [1.807, 2.05) is 21.7 Å². The van der Waals surface area contributed by atoms with Crippen molar-refractivity contribution in [2.75, 3.05) is 6.54 Å². The maximum Gasteiger partial charge on any atom is 0.271 e. The van der Waals surface area contributed by atoms with Crippen molar-refractivity contribution >= 4 is 11.6 Å². The molecule has 31 heavy (non-hydrogen) atoms. The highest BCUT2D eigenvalue weighted by Crippen LogP contribution is 2.21. The first-order valence-electron chi connectivity index (χ1n) is 10.2. The summed E-state index contributed by atoms with van der Waals surface area (Å²) in [4.78, 5) is 15.3. The molecule has 1 N–H and O–H groups in total. The van der Waals surface area contributed by atoms with Gasteiger partial charge >= 0.3 is 0 Å². The molecule has 0 fully saturated rings. The van der Waals surface area contributed by atoms with Crippen molar-refractivity contribution in [3.05, 3.63) is 91.9 Å². The van der Waals surface area contributed by atoms with Crippen molar-refractivity contribution in [3.8, 4) is 0 Å². The molecule has 5 nitrogen and oxygen atoms in total. The number of nitrogens with zero attached hydrogens (tertiary/aromatic N) is 3. The number of benzene rings is 2. The first-order valence-corrected chi connectivity index (χ1v) is 10.6. The van der Waals surface area contributed by atoms with Crippen LogP contribution in [0.4, 0.5) is 8.78 Å². The molecule has 8 heteroatoms. The Hall–Kier alpha value is -2.48. The van der Waals surface area contributed by atoms with E-state index in [-0.39, 0.29) is 5.56 Å². The normalized spacial score (nSPS) is 15.1. The number of hydrogen-bond donors (Lipinski definition) is 1. The zero-order chi connectivity index (χ0) is 22.1. The molecular weight excluding hydrogens is 424 g/mol. The van der Waals surface area contributed by atoms with E-state index >= 15 is 0 Å². The van der Waals surface area contributed by atoms with Crippen LogP contribution in [0.2, 0.25) is 5.02 Å². The Kier molecular flexibility index (Phi) is 6.27. The summed E-state index contributed by atoms with van der Waals surface area (Å²) in [6.45, 7) is 3.76. The van der Waals surface area contributed by atoms with E-state index in [2.05, 4.69) is 0 Å². The van der Waals surface area contributed by atoms with Crippen LogP contribution in [0.15, 0.2) is 47.3 Å². The smallest absolute Gasteiger partial charge is 0.271 e. The summed E-state index contributed by atoms with van der Waals surface area (Å²) in [6, 6.07) is 10.8. The lowest BCUT2D eigenvalue weighted by Crippen LogP contribution is -2.32. The van der Waals surface area contributed by atoms with Gasteiger partial charge in [-0.3, -0.25) is 14.4 Å². The lowest BCUT2D eigenvalue weighted by atomic mass is 10.1. The molecule has 0 saturated carbocycles. The fourth-order valence-electron chi connectivity index (χ4n) is 4.17. The van der Waals surface area contributed by atoms with Gasteiger partial charge in [-0.2, -0.15) is 0 Å². The highest BCUT2D eigenvalue weighted by atomic mass is 35.5. The summed E-state index contributed by atoms with van der Waals surface area (Å²) >= 11 is 5.97. The van der Waals surface area contributed by atoms with E-state index in [0.29, 0.717) is 55.3 Å². The van der Waals surface area contributed by atoms with Crippen molar-refractivity contribution in [1.29, 1.82) is 0 Å². The Labute approximate surface area is 184 Å². The predicted molar refractivity (Wildman–Crippen MR) is 115 cm³/mol. The highest BCUT2D eigenvalue weighted by molar-refractivity contribution is 6.30. The Balaban J connectivity index is 1.64. The van der Waals surface area contributed by atoms with Crippen LogP contribution < -0.4 is 5.56 Å². The molecule has 1 aliphatic heterocycles. The third kappa shape index (κ3) is 4.89. The van der Waals surface area contributed by atoms with Crippen molar-refractivity contribution < 1.29 is 13.9 Å². The number of halogens is 3. The van der Waals surface area contributed by atoms with Crippen LogP contribution in [-0.2, 0) is 32.6 Å². The number of rotatable bonds is 6. The summed E-state index contributed by atoms with van der Waals surface area (Å²) in [5, 5.41) is 10.6. The van der Waals surface area contributed by atoms with Gasteiger partial charge in [0.05, 0.1) is 24.8 Å². The second-order valence-corrected chi connectivity index (χ2v) is 8.52. The van der Waals surface area contributed by atoms with Gasteiger partial charge in [0.1, 0.15) is 11.6 Å².